The summed E-state index contributed by atoms with van der Waals surface area (Å²) in [6.07, 6.45) is 0. The Morgan fingerprint density at radius 1 is 0.947 bits per heavy atom. The van der Waals surface area contributed by atoms with Crippen LogP contribution in [0.15, 0.2) is 42.5 Å². The van der Waals surface area contributed by atoms with Gasteiger partial charge in [0.15, 0.2) is 0 Å². The summed E-state index contributed by atoms with van der Waals surface area (Å²) in [5, 5.41) is 1.26. The fourth-order valence-electron chi connectivity index (χ4n) is 2.38. The number of aromatic amines is 1. The van der Waals surface area contributed by atoms with E-state index in [0.29, 0.717) is 0 Å². The number of fused-ring (bicyclic) bond motifs is 1. The number of ether oxygens (including phenoxy) is 1. The van der Waals surface area contributed by atoms with E-state index in [-0.39, 0.29) is 0 Å². The standard InChI is InChI=1S/C17H17NO/c1-11-4-5-14-10-16(18-17(14)12(11)2)13-6-8-15(19-3)9-7-13/h4-10,18H,1-3H3. The van der Waals surface area contributed by atoms with Gasteiger partial charge in [-0.2, -0.15) is 0 Å². The highest BCUT2D eigenvalue weighted by molar-refractivity contribution is 5.88. The average molecular weight is 251 g/mol. The van der Waals surface area contributed by atoms with E-state index in [1.165, 1.54) is 27.6 Å². The third kappa shape index (κ3) is 1.99. The Hall–Kier alpha value is -2.22. The number of H-pyrrole nitrogens is 1. The molecule has 0 fully saturated rings. The first kappa shape index (κ1) is 11.8. The van der Waals surface area contributed by atoms with E-state index in [9.17, 15) is 0 Å². The van der Waals surface area contributed by atoms with Crippen molar-refractivity contribution in [1.29, 1.82) is 0 Å². The minimum absolute atomic E-state index is 0.881. The Labute approximate surface area is 113 Å². The zero-order valence-corrected chi connectivity index (χ0v) is 11.4. The molecule has 3 rings (SSSR count). The van der Waals surface area contributed by atoms with Crippen molar-refractivity contribution in [1.82, 2.24) is 4.98 Å². The quantitative estimate of drug-likeness (QED) is 0.714. The lowest BCUT2D eigenvalue weighted by molar-refractivity contribution is 0.415. The monoisotopic (exact) mass is 251 g/mol. The summed E-state index contributed by atoms with van der Waals surface area (Å²) in [5.41, 5.74) is 6.18. The molecule has 2 aromatic carbocycles. The van der Waals surface area contributed by atoms with Crippen LogP contribution in [0.4, 0.5) is 0 Å². The molecule has 0 aliphatic carbocycles. The SMILES string of the molecule is COc1ccc(-c2cc3ccc(C)c(C)c3[nH]2)cc1. The van der Waals surface area contributed by atoms with Crippen molar-refractivity contribution < 1.29 is 4.74 Å². The Morgan fingerprint density at radius 3 is 2.37 bits per heavy atom. The van der Waals surface area contributed by atoms with Crippen molar-refractivity contribution in [3.05, 3.63) is 53.6 Å². The minimum atomic E-state index is 0.881. The van der Waals surface area contributed by atoms with E-state index < -0.39 is 0 Å². The van der Waals surface area contributed by atoms with E-state index in [1.54, 1.807) is 7.11 Å². The summed E-state index contributed by atoms with van der Waals surface area (Å²) in [4.78, 5) is 3.52. The molecule has 0 atom stereocenters. The Balaban J connectivity index is 2.12. The van der Waals surface area contributed by atoms with Gasteiger partial charge < -0.3 is 9.72 Å². The van der Waals surface area contributed by atoms with Gasteiger partial charge in [0.25, 0.3) is 0 Å². The van der Waals surface area contributed by atoms with Crippen LogP contribution in [0.1, 0.15) is 11.1 Å². The van der Waals surface area contributed by atoms with Crippen molar-refractivity contribution in [2.75, 3.05) is 7.11 Å². The predicted molar refractivity (Wildman–Crippen MR) is 79.8 cm³/mol. The van der Waals surface area contributed by atoms with Crippen LogP contribution >= 0.6 is 0 Å². The molecule has 2 heteroatoms. The third-order valence-electron chi connectivity index (χ3n) is 3.73. The summed E-state index contributed by atoms with van der Waals surface area (Å²) in [5.74, 6) is 0.881. The molecular formula is C17H17NO. The van der Waals surface area contributed by atoms with E-state index in [1.807, 2.05) is 12.1 Å². The molecule has 96 valence electrons. The van der Waals surface area contributed by atoms with Gasteiger partial charge in [-0.1, -0.05) is 12.1 Å². The molecule has 1 heterocycles. The second-order valence-corrected chi connectivity index (χ2v) is 4.88. The number of benzene rings is 2. The van der Waals surface area contributed by atoms with Crippen LogP contribution in [0, 0.1) is 13.8 Å². The fourth-order valence-corrected chi connectivity index (χ4v) is 2.38. The van der Waals surface area contributed by atoms with Gasteiger partial charge >= 0.3 is 0 Å². The second-order valence-electron chi connectivity index (χ2n) is 4.88. The van der Waals surface area contributed by atoms with Gasteiger partial charge in [-0.15, -0.1) is 0 Å². The highest BCUT2D eigenvalue weighted by Crippen LogP contribution is 2.28. The van der Waals surface area contributed by atoms with Crippen LogP contribution in [-0.2, 0) is 0 Å². The lowest BCUT2D eigenvalue weighted by Crippen LogP contribution is -1.83. The first-order chi connectivity index (χ1) is 9.19. The summed E-state index contributed by atoms with van der Waals surface area (Å²) < 4.78 is 5.19. The zero-order valence-electron chi connectivity index (χ0n) is 11.4. The zero-order chi connectivity index (χ0) is 13.4. The number of hydrogen-bond acceptors (Lipinski definition) is 1. The summed E-state index contributed by atoms with van der Waals surface area (Å²) in [6, 6.07) is 14.7. The maximum absolute atomic E-state index is 5.19. The largest absolute Gasteiger partial charge is 0.497 e. The molecular weight excluding hydrogens is 234 g/mol. The number of rotatable bonds is 2. The Kier molecular flexibility index (Phi) is 2.79. The molecule has 0 aliphatic rings. The smallest absolute Gasteiger partial charge is 0.118 e. The molecule has 19 heavy (non-hydrogen) atoms. The molecule has 3 aromatic rings. The maximum Gasteiger partial charge on any atom is 0.118 e. The number of nitrogens with one attached hydrogen (secondary N) is 1. The molecule has 2 nitrogen and oxygen atoms in total. The molecule has 0 unspecified atom stereocenters. The van der Waals surface area contributed by atoms with Gasteiger partial charge in [0.05, 0.1) is 7.11 Å². The van der Waals surface area contributed by atoms with Gasteiger partial charge in [0, 0.05) is 16.6 Å². The number of hydrogen-bond donors (Lipinski definition) is 1. The van der Waals surface area contributed by atoms with Crippen molar-refractivity contribution in [3.63, 3.8) is 0 Å². The number of aryl methyl sites for hydroxylation is 2. The number of methoxy groups -OCH3 is 1. The summed E-state index contributed by atoms with van der Waals surface area (Å²) in [6.45, 7) is 4.30. The van der Waals surface area contributed by atoms with Crippen LogP contribution in [0.2, 0.25) is 0 Å². The fraction of sp³-hybridized carbons (Fsp3) is 0.176. The van der Waals surface area contributed by atoms with E-state index in [2.05, 4.69) is 49.2 Å². The topological polar surface area (TPSA) is 25.0 Å². The van der Waals surface area contributed by atoms with Crippen LogP contribution in [-0.4, -0.2) is 12.1 Å². The van der Waals surface area contributed by atoms with Crippen LogP contribution in [0.5, 0.6) is 5.75 Å². The third-order valence-corrected chi connectivity index (χ3v) is 3.73. The average Bonchev–Trinajstić information content (AvgIpc) is 2.88. The lowest BCUT2D eigenvalue weighted by atomic mass is 10.1. The van der Waals surface area contributed by atoms with Crippen LogP contribution in [0.25, 0.3) is 22.2 Å². The van der Waals surface area contributed by atoms with Gasteiger partial charge in [-0.25, -0.2) is 0 Å². The Morgan fingerprint density at radius 2 is 1.68 bits per heavy atom. The molecule has 0 saturated carbocycles. The predicted octanol–water partition coefficient (Wildman–Crippen LogP) is 4.46. The molecule has 0 amide bonds. The minimum Gasteiger partial charge on any atom is -0.497 e. The molecule has 1 aromatic heterocycles. The molecule has 0 saturated heterocycles. The highest BCUT2D eigenvalue weighted by Gasteiger charge is 2.06. The molecule has 0 bridgehead atoms. The van der Waals surface area contributed by atoms with Gasteiger partial charge in [-0.05, 0) is 60.9 Å². The second kappa shape index (κ2) is 4.47. The van der Waals surface area contributed by atoms with Gasteiger partial charge in [-0.3, -0.25) is 0 Å². The van der Waals surface area contributed by atoms with E-state index in [4.69, 9.17) is 4.74 Å². The maximum atomic E-state index is 5.19. The van der Waals surface area contributed by atoms with E-state index >= 15 is 0 Å². The molecule has 0 spiro atoms. The molecule has 0 radical (unpaired) electrons. The first-order valence-electron chi connectivity index (χ1n) is 6.42. The van der Waals surface area contributed by atoms with Crippen molar-refractivity contribution in [2.24, 2.45) is 0 Å². The van der Waals surface area contributed by atoms with Crippen LogP contribution < -0.4 is 4.74 Å². The highest BCUT2D eigenvalue weighted by atomic mass is 16.5. The lowest BCUT2D eigenvalue weighted by Gasteiger charge is -2.02. The normalized spacial score (nSPS) is 10.9. The van der Waals surface area contributed by atoms with Gasteiger partial charge in [0.2, 0.25) is 0 Å². The molecule has 1 N–H and O–H groups in total. The van der Waals surface area contributed by atoms with Gasteiger partial charge in [0.1, 0.15) is 5.75 Å². The summed E-state index contributed by atoms with van der Waals surface area (Å²) in [7, 11) is 1.68. The van der Waals surface area contributed by atoms with Crippen molar-refractivity contribution in [3.8, 4) is 17.0 Å². The Bertz CT molecular complexity index is 723. The summed E-state index contributed by atoms with van der Waals surface area (Å²) >= 11 is 0. The van der Waals surface area contributed by atoms with E-state index in [0.717, 1.165) is 11.4 Å². The van der Waals surface area contributed by atoms with Crippen LogP contribution in [0.3, 0.4) is 0 Å². The molecule has 0 aliphatic heterocycles. The van der Waals surface area contributed by atoms with Crippen molar-refractivity contribution in [2.45, 2.75) is 13.8 Å². The first-order valence-corrected chi connectivity index (χ1v) is 6.42. The van der Waals surface area contributed by atoms with Crippen molar-refractivity contribution >= 4 is 10.9 Å². The number of aromatic nitrogens is 1.